The normalized spacial score (nSPS) is 17.3. The minimum Gasteiger partial charge on any atom is -0.338 e. The van der Waals surface area contributed by atoms with E-state index in [1.165, 1.54) is 6.20 Å². The predicted molar refractivity (Wildman–Crippen MR) is 99.5 cm³/mol. The molecule has 0 aromatic carbocycles. The van der Waals surface area contributed by atoms with Gasteiger partial charge in [0, 0.05) is 50.8 Å². The number of hydrogen-bond acceptors (Lipinski definition) is 5. The van der Waals surface area contributed by atoms with E-state index < -0.39 is 0 Å². The molecule has 1 unspecified atom stereocenters. The van der Waals surface area contributed by atoms with Gasteiger partial charge in [-0.05, 0) is 18.9 Å². The van der Waals surface area contributed by atoms with Crippen molar-refractivity contribution in [2.24, 2.45) is 7.05 Å². The van der Waals surface area contributed by atoms with Crippen LogP contribution in [0.5, 0.6) is 0 Å². The van der Waals surface area contributed by atoms with Crippen LogP contribution in [-0.4, -0.2) is 53.2 Å². The molecule has 4 heterocycles. The zero-order valence-electron chi connectivity index (χ0n) is 15.0. The molecule has 0 bridgehead atoms. The molecule has 0 radical (unpaired) electrons. The van der Waals surface area contributed by atoms with Gasteiger partial charge in [-0.2, -0.15) is 0 Å². The van der Waals surface area contributed by atoms with Crippen molar-refractivity contribution in [3.8, 4) is 0 Å². The number of aromatic nitrogens is 6. The van der Waals surface area contributed by atoms with Crippen molar-refractivity contribution in [1.82, 2.24) is 34.2 Å². The van der Waals surface area contributed by atoms with Gasteiger partial charge in [0.1, 0.15) is 5.82 Å². The Hall–Kier alpha value is -2.74. The first kappa shape index (κ1) is 17.7. The quantitative estimate of drug-likeness (QED) is 0.687. The summed E-state index contributed by atoms with van der Waals surface area (Å²) in [5, 5.41) is 9.21. The fourth-order valence-electron chi connectivity index (χ4n) is 3.50. The number of pyridine rings is 1. The first-order valence-corrected chi connectivity index (χ1v) is 9.23. The maximum Gasteiger partial charge on any atom is 0.255 e. The summed E-state index contributed by atoms with van der Waals surface area (Å²) in [5.41, 5.74) is 0.516. The van der Waals surface area contributed by atoms with Gasteiger partial charge in [0.15, 0.2) is 5.82 Å². The molecule has 3 aromatic heterocycles. The number of halogens is 1. The van der Waals surface area contributed by atoms with Crippen LogP contribution >= 0.6 is 11.6 Å². The van der Waals surface area contributed by atoms with E-state index >= 15 is 0 Å². The Morgan fingerprint density at radius 3 is 2.96 bits per heavy atom. The largest absolute Gasteiger partial charge is 0.338 e. The Morgan fingerprint density at radius 2 is 2.19 bits per heavy atom. The van der Waals surface area contributed by atoms with Crippen molar-refractivity contribution < 1.29 is 4.79 Å². The van der Waals surface area contributed by atoms with Crippen molar-refractivity contribution in [3.63, 3.8) is 0 Å². The summed E-state index contributed by atoms with van der Waals surface area (Å²) in [6.45, 7) is 1.96. The number of carbonyl (C=O) groups excluding carboxylic acids is 1. The standard InChI is InChI=1S/C18H20ClN7O/c1-24-16(11-25-6-4-20-12-25)22-23-17(24)13-3-2-5-26(10-13)18(27)14-7-15(19)9-21-8-14/h4,6-9,12-13H,2-3,5,10-11H2,1H3. The van der Waals surface area contributed by atoms with Gasteiger partial charge in [0.25, 0.3) is 5.91 Å². The van der Waals surface area contributed by atoms with Gasteiger partial charge >= 0.3 is 0 Å². The van der Waals surface area contributed by atoms with Crippen LogP contribution in [-0.2, 0) is 13.6 Å². The Labute approximate surface area is 161 Å². The number of hydrogen-bond donors (Lipinski definition) is 0. The lowest BCUT2D eigenvalue weighted by Crippen LogP contribution is -2.39. The fourth-order valence-corrected chi connectivity index (χ4v) is 3.67. The number of nitrogens with zero attached hydrogens (tertiary/aromatic N) is 7. The Balaban J connectivity index is 1.50. The predicted octanol–water partition coefficient (Wildman–Crippen LogP) is 2.13. The van der Waals surface area contributed by atoms with Crippen LogP contribution in [0.4, 0.5) is 0 Å². The Morgan fingerprint density at radius 1 is 1.30 bits per heavy atom. The van der Waals surface area contributed by atoms with E-state index in [-0.39, 0.29) is 11.8 Å². The third-order valence-electron chi connectivity index (χ3n) is 4.91. The highest BCUT2D eigenvalue weighted by atomic mass is 35.5. The molecule has 1 fully saturated rings. The summed E-state index contributed by atoms with van der Waals surface area (Å²) in [7, 11) is 1.98. The molecule has 9 heteroatoms. The van der Waals surface area contributed by atoms with Crippen molar-refractivity contribution in [2.75, 3.05) is 13.1 Å². The van der Waals surface area contributed by atoms with E-state index in [1.807, 2.05) is 27.3 Å². The van der Waals surface area contributed by atoms with E-state index in [9.17, 15) is 4.79 Å². The van der Waals surface area contributed by atoms with Crippen LogP contribution < -0.4 is 0 Å². The number of imidazole rings is 1. The molecule has 140 valence electrons. The van der Waals surface area contributed by atoms with Gasteiger partial charge in [0.2, 0.25) is 0 Å². The Bertz CT molecular complexity index is 937. The van der Waals surface area contributed by atoms with Gasteiger partial charge in [0.05, 0.1) is 23.5 Å². The lowest BCUT2D eigenvalue weighted by atomic mass is 9.96. The van der Waals surface area contributed by atoms with Crippen LogP contribution in [0.2, 0.25) is 5.02 Å². The highest BCUT2D eigenvalue weighted by Crippen LogP contribution is 2.27. The van der Waals surface area contributed by atoms with Crippen LogP contribution in [0.15, 0.2) is 37.2 Å². The van der Waals surface area contributed by atoms with Crippen molar-refractivity contribution in [3.05, 3.63) is 59.4 Å². The Kier molecular flexibility index (Phi) is 4.89. The molecule has 4 rings (SSSR count). The molecule has 0 aliphatic carbocycles. The van der Waals surface area contributed by atoms with Crippen molar-refractivity contribution in [1.29, 1.82) is 0 Å². The maximum absolute atomic E-state index is 12.8. The average Bonchev–Trinajstić information content (AvgIpc) is 3.32. The van der Waals surface area contributed by atoms with E-state index in [0.29, 0.717) is 23.7 Å². The molecule has 8 nitrogen and oxygen atoms in total. The number of amides is 1. The average molecular weight is 386 g/mol. The highest BCUT2D eigenvalue weighted by Gasteiger charge is 2.29. The minimum atomic E-state index is -0.0458. The molecule has 27 heavy (non-hydrogen) atoms. The first-order valence-electron chi connectivity index (χ1n) is 8.85. The van der Waals surface area contributed by atoms with Gasteiger partial charge in [-0.3, -0.25) is 9.78 Å². The molecular formula is C18H20ClN7O. The molecule has 1 aliphatic heterocycles. The second-order valence-electron chi connectivity index (χ2n) is 6.75. The van der Waals surface area contributed by atoms with Crippen LogP contribution in [0.3, 0.4) is 0 Å². The fraction of sp³-hybridized carbons (Fsp3) is 0.389. The van der Waals surface area contributed by atoms with Crippen molar-refractivity contribution in [2.45, 2.75) is 25.3 Å². The van der Waals surface area contributed by atoms with Gasteiger partial charge in [-0.25, -0.2) is 4.98 Å². The maximum atomic E-state index is 12.8. The summed E-state index contributed by atoms with van der Waals surface area (Å²) in [5.74, 6) is 1.89. The molecule has 0 spiro atoms. The van der Waals surface area contributed by atoms with Crippen molar-refractivity contribution >= 4 is 17.5 Å². The summed E-state index contributed by atoms with van der Waals surface area (Å²) in [4.78, 5) is 22.7. The van der Waals surface area contributed by atoms with E-state index in [2.05, 4.69) is 20.2 Å². The zero-order chi connectivity index (χ0) is 18.8. The van der Waals surface area contributed by atoms with E-state index in [4.69, 9.17) is 11.6 Å². The lowest BCUT2D eigenvalue weighted by Gasteiger charge is -2.32. The first-order chi connectivity index (χ1) is 13.1. The van der Waals surface area contributed by atoms with Gasteiger partial charge in [-0.1, -0.05) is 11.6 Å². The van der Waals surface area contributed by atoms with E-state index in [0.717, 1.165) is 31.0 Å². The van der Waals surface area contributed by atoms with Crippen LogP contribution in [0.25, 0.3) is 0 Å². The minimum absolute atomic E-state index is 0.0458. The van der Waals surface area contributed by atoms with Gasteiger partial charge < -0.3 is 14.0 Å². The number of rotatable bonds is 4. The number of likely N-dealkylation sites (tertiary alicyclic amines) is 1. The summed E-state index contributed by atoms with van der Waals surface area (Å²) in [6.07, 6.45) is 10.4. The summed E-state index contributed by atoms with van der Waals surface area (Å²) < 4.78 is 3.98. The summed E-state index contributed by atoms with van der Waals surface area (Å²) >= 11 is 5.97. The molecule has 3 aromatic rings. The molecule has 1 atom stereocenters. The second kappa shape index (κ2) is 7.48. The van der Waals surface area contributed by atoms with Gasteiger partial charge in [-0.15, -0.1) is 10.2 Å². The van der Waals surface area contributed by atoms with E-state index in [1.54, 1.807) is 24.8 Å². The topological polar surface area (TPSA) is 81.7 Å². The third kappa shape index (κ3) is 3.71. The lowest BCUT2D eigenvalue weighted by molar-refractivity contribution is 0.0703. The number of piperidine rings is 1. The monoisotopic (exact) mass is 385 g/mol. The SMILES string of the molecule is Cn1c(Cn2ccnc2)nnc1C1CCCN(C(=O)c2cncc(Cl)c2)C1. The number of carbonyl (C=O) groups is 1. The molecule has 0 saturated carbocycles. The zero-order valence-corrected chi connectivity index (χ0v) is 15.7. The highest BCUT2D eigenvalue weighted by molar-refractivity contribution is 6.30. The molecule has 1 aliphatic rings. The van der Waals surface area contributed by atoms with Crippen LogP contribution in [0, 0.1) is 0 Å². The van der Waals surface area contributed by atoms with Crippen LogP contribution in [0.1, 0.15) is 40.8 Å². The second-order valence-corrected chi connectivity index (χ2v) is 7.19. The smallest absolute Gasteiger partial charge is 0.255 e. The molecule has 1 saturated heterocycles. The third-order valence-corrected chi connectivity index (χ3v) is 5.11. The molecular weight excluding hydrogens is 366 g/mol. The summed E-state index contributed by atoms with van der Waals surface area (Å²) in [6, 6.07) is 1.66. The molecule has 1 amide bonds. The molecule has 0 N–H and O–H groups in total.